The maximum absolute atomic E-state index is 11.4. The van der Waals surface area contributed by atoms with E-state index in [1.807, 2.05) is 24.3 Å². The number of rotatable bonds is 4. The van der Waals surface area contributed by atoms with E-state index in [9.17, 15) is 4.79 Å². The molecule has 0 aliphatic rings. The molecule has 0 saturated heterocycles. The van der Waals surface area contributed by atoms with E-state index in [2.05, 4.69) is 15.7 Å². The van der Waals surface area contributed by atoms with Gasteiger partial charge in [0, 0.05) is 12.7 Å². The van der Waals surface area contributed by atoms with Gasteiger partial charge in [0.15, 0.2) is 5.11 Å². The largest absolute Gasteiger partial charge is 0.497 e. The Morgan fingerprint density at radius 3 is 2.57 bits per heavy atom. The molecule has 1 heterocycles. The summed E-state index contributed by atoms with van der Waals surface area (Å²) < 4.78 is 6.47. The Balaban J connectivity index is 2.06. The van der Waals surface area contributed by atoms with Crippen LogP contribution in [0.25, 0.3) is 0 Å². The van der Waals surface area contributed by atoms with Crippen molar-refractivity contribution in [1.82, 2.24) is 9.78 Å². The number of primary amides is 1. The van der Waals surface area contributed by atoms with Crippen LogP contribution in [-0.4, -0.2) is 27.9 Å². The fraction of sp³-hybridized carbons (Fsp3) is 0.154. The molecule has 1 amide bonds. The predicted molar refractivity (Wildman–Crippen MR) is 84.6 cm³/mol. The summed E-state index contributed by atoms with van der Waals surface area (Å²) in [5.41, 5.74) is 6.81. The van der Waals surface area contributed by atoms with Crippen LogP contribution < -0.4 is 21.1 Å². The van der Waals surface area contributed by atoms with Crippen LogP contribution in [0.1, 0.15) is 10.5 Å². The molecule has 0 unspecified atom stereocenters. The minimum absolute atomic E-state index is 0.258. The molecule has 21 heavy (non-hydrogen) atoms. The lowest BCUT2D eigenvalue weighted by Crippen LogP contribution is -2.23. The van der Waals surface area contributed by atoms with E-state index in [-0.39, 0.29) is 5.69 Å². The van der Waals surface area contributed by atoms with E-state index in [1.165, 1.54) is 10.9 Å². The van der Waals surface area contributed by atoms with Gasteiger partial charge < -0.3 is 21.1 Å². The number of amides is 1. The van der Waals surface area contributed by atoms with Crippen molar-refractivity contribution in [1.29, 1.82) is 0 Å². The lowest BCUT2D eigenvalue weighted by Gasteiger charge is -2.10. The molecule has 110 valence electrons. The third kappa shape index (κ3) is 3.48. The number of benzene rings is 1. The number of nitrogens with zero attached hydrogens (tertiary/aromatic N) is 2. The minimum Gasteiger partial charge on any atom is -0.497 e. The van der Waals surface area contributed by atoms with Crippen molar-refractivity contribution in [2.24, 2.45) is 12.8 Å². The SMILES string of the molecule is COc1ccc(NC(=S)Nc2cnn(C)c2C(N)=O)cc1. The second kappa shape index (κ2) is 6.23. The van der Waals surface area contributed by atoms with Crippen molar-refractivity contribution >= 4 is 34.6 Å². The van der Waals surface area contributed by atoms with Crippen molar-refractivity contribution in [2.75, 3.05) is 17.7 Å². The third-order valence-electron chi connectivity index (χ3n) is 2.77. The molecule has 7 nitrogen and oxygen atoms in total. The van der Waals surface area contributed by atoms with Crippen LogP contribution in [0.3, 0.4) is 0 Å². The highest BCUT2D eigenvalue weighted by Crippen LogP contribution is 2.17. The Morgan fingerprint density at radius 2 is 2.00 bits per heavy atom. The first-order valence-corrected chi connectivity index (χ1v) is 6.46. The molecule has 0 spiro atoms. The summed E-state index contributed by atoms with van der Waals surface area (Å²) in [4.78, 5) is 11.4. The molecular formula is C13H15N5O2S. The minimum atomic E-state index is -0.579. The van der Waals surface area contributed by atoms with Gasteiger partial charge in [-0.05, 0) is 36.5 Å². The molecule has 0 bridgehead atoms. The molecule has 0 aliphatic heterocycles. The van der Waals surface area contributed by atoms with Gasteiger partial charge in [0.25, 0.3) is 5.91 Å². The zero-order valence-electron chi connectivity index (χ0n) is 11.6. The van der Waals surface area contributed by atoms with E-state index >= 15 is 0 Å². The van der Waals surface area contributed by atoms with Gasteiger partial charge in [0.1, 0.15) is 11.4 Å². The smallest absolute Gasteiger partial charge is 0.269 e. The van der Waals surface area contributed by atoms with Gasteiger partial charge in [0.2, 0.25) is 0 Å². The first kappa shape index (κ1) is 14.8. The average Bonchev–Trinajstić information content (AvgIpc) is 2.80. The second-order valence-electron chi connectivity index (χ2n) is 4.20. The Kier molecular flexibility index (Phi) is 4.39. The number of thiocarbonyl (C=S) groups is 1. The highest BCUT2D eigenvalue weighted by atomic mass is 32.1. The number of anilines is 2. The number of methoxy groups -OCH3 is 1. The molecule has 1 aromatic heterocycles. The number of aromatic nitrogens is 2. The molecule has 0 atom stereocenters. The van der Waals surface area contributed by atoms with Crippen molar-refractivity contribution in [3.63, 3.8) is 0 Å². The first-order chi connectivity index (χ1) is 10.0. The summed E-state index contributed by atoms with van der Waals surface area (Å²) in [6, 6.07) is 7.27. The Morgan fingerprint density at radius 1 is 1.33 bits per heavy atom. The van der Waals surface area contributed by atoms with Gasteiger partial charge in [0.05, 0.1) is 19.0 Å². The first-order valence-electron chi connectivity index (χ1n) is 6.05. The fourth-order valence-electron chi connectivity index (χ4n) is 1.78. The quantitative estimate of drug-likeness (QED) is 0.738. The number of hydrogen-bond acceptors (Lipinski definition) is 4. The lowest BCUT2D eigenvalue weighted by molar-refractivity contribution is 0.0992. The Labute approximate surface area is 127 Å². The molecule has 2 aromatic rings. The summed E-state index contributed by atoms with van der Waals surface area (Å²) in [6.07, 6.45) is 1.49. The molecule has 0 radical (unpaired) electrons. The van der Waals surface area contributed by atoms with E-state index in [0.29, 0.717) is 10.8 Å². The number of nitrogens with two attached hydrogens (primary N) is 1. The van der Waals surface area contributed by atoms with Crippen molar-refractivity contribution < 1.29 is 9.53 Å². The molecule has 0 fully saturated rings. The van der Waals surface area contributed by atoms with Crippen LogP contribution in [0.5, 0.6) is 5.75 Å². The molecule has 2 rings (SSSR count). The van der Waals surface area contributed by atoms with Crippen molar-refractivity contribution in [3.05, 3.63) is 36.2 Å². The number of ether oxygens (including phenoxy) is 1. The highest BCUT2D eigenvalue weighted by Gasteiger charge is 2.14. The zero-order chi connectivity index (χ0) is 15.4. The molecule has 8 heteroatoms. The highest BCUT2D eigenvalue weighted by molar-refractivity contribution is 7.80. The van der Waals surface area contributed by atoms with Crippen LogP contribution in [0.15, 0.2) is 30.5 Å². The van der Waals surface area contributed by atoms with Gasteiger partial charge in [-0.3, -0.25) is 9.48 Å². The predicted octanol–water partition coefficient (Wildman–Crippen LogP) is 1.34. The van der Waals surface area contributed by atoms with Crippen LogP contribution in [0.2, 0.25) is 0 Å². The monoisotopic (exact) mass is 305 g/mol. The number of hydrogen-bond donors (Lipinski definition) is 3. The normalized spacial score (nSPS) is 10.0. The maximum atomic E-state index is 11.4. The molecule has 4 N–H and O–H groups in total. The molecule has 1 aromatic carbocycles. The van der Waals surface area contributed by atoms with Crippen molar-refractivity contribution in [3.8, 4) is 5.75 Å². The van der Waals surface area contributed by atoms with Gasteiger partial charge in [-0.25, -0.2) is 0 Å². The van der Waals surface area contributed by atoms with Gasteiger partial charge in [-0.2, -0.15) is 5.10 Å². The van der Waals surface area contributed by atoms with Gasteiger partial charge in [-0.1, -0.05) is 0 Å². The Bertz CT molecular complexity index is 666. The van der Waals surface area contributed by atoms with Gasteiger partial charge >= 0.3 is 0 Å². The summed E-state index contributed by atoms with van der Waals surface area (Å²) in [5, 5.41) is 10.2. The average molecular weight is 305 g/mol. The topological polar surface area (TPSA) is 94.2 Å². The van der Waals surface area contributed by atoms with Crippen LogP contribution in [0, 0.1) is 0 Å². The van der Waals surface area contributed by atoms with Crippen molar-refractivity contribution in [2.45, 2.75) is 0 Å². The van der Waals surface area contributed by atoms with E-state index < -0.39 is 5.91 Å². The summed E-state index contributed by atoms with van der Waals surface area (Å²) in [5.74, 6) is 0.174. The Hall–Kier alpha value is -2.61. The lowest BCUT2D eigenvalue weighted by atomic mass is 10.3. The zero-order valence-corrected chi connectivity index (χ0v) is 12.4. The van der Waals surface area contributed by atoms with Gasteiger partial charge in [-0.15, -0.1) is 0 Å². The molecular weight excluding hydrogens is 290 g/mol. The molecule has 0 aliphatic carbocycles. The van der Waals surface area contributed by atoms with E-state index in [4.69, 9.17) is 22.7 Å². The van der Waals surface area contributed by atoms with Crippen LogP contribution >= 0.6 is 12.2 Å². The number of carbonyl (C=O) groups is 1. The number of aryl methyl sites for hydroxylation is 1. The van der Waals surface area contributed by atoms with E-state index in [1.54, 1.807) is 14.2 Å². The number of nitrogens with one attached hydrogen (secondary N) is 2. The number of carbonyl (C=O) groups excluding carboxylic acids is 1. The summed E-state index contributed by atoms with van der Waals surface area (Å²) in [6.45, 7) is 0. The van der Waals surface area contributed by atoms with E-state index in [0.717, 1.165) is 11.4 Å². The standard InChI is InChI=1S/C13H15N5O2S/c1-18-11(12(14)19)10(7-15-18)17-13(21)16-8-3-5-9(20-2)6-4-8/h3-7H,1-2H3,(H2,14,19)(H2,16,17,21). The van der Waals surface area contributed by atoms with Crippen LogP contribution in [-0.2, 0) is 7.05 Å². The summed E-state index contributed by atoms with van der Waals surface area (Å²) >= 11 is 5.19. The maximum Gasteiger partial charge on any atom is 0.269 e. The second-order valence-corrected chi connectivity index (χ2v) is 4.61. The van der Waals surface area contributed by atoms with Crippen LogP contribution in [0.4, 0.5) is 11.4 Å². The summed E-state index contributed by atoms with van der Waals surface area (Å²) in [7, 11) is 3.23. The third-order valence-corrected chi connectivity index (χ3v) is 2.97. The molecule has 0 saturated carbocycles. The fourth-order valence-corrected chi connectivity index (χ4v) is 2.01.